The van der Waals surface area contributed by atoms with Crippen LogP contribution in [-0.4, -0.2) is 21.9 Å². The Bertz CT molecular complexity index is 565. The molecule has 0 bridgehead atoms. The number of aryl methyl sites for hydroxylation is 2. The van der Waals surface area contributed by atoms with E-state index in [0.29, 0.717) is 11.6 Å². The highest BCUT2D eigenvalue weighted by molar-refractivity contribution is 8.00. The Morgan fingerprint density at radius 1 is 1.42 bits per heavy atom. The van der Waals surface area contributed by atoms with Crippen LogP contribution in [0.4, 0.5) is 5.82 Å². The van der Waals surface area contributed by atoms with Crippen molar-refractivity contribution in [2.24, 2.45) is 0 Å². The van der Waals surface area contributed by atoms with Crippen molar-refractivity contribution in [3.8, 4) is 0 Å². The average molecular weight is 275 g/mol. The Labute approximate surface area is 117 Å². The number of carbonyl (C=O) groups is 1. The summed E-state index contributed by atoms with van der Waals surface area (Å²) in [6.45, 7) is 4.08. The van der Waals surface area contributed by atoms with Gasteiger partial charge in [-0.1, -0.05) is 25.1 Å². The number of rotatable bonds is 5. The third kappa shape index (κ3) is 3.61. The second kappa shape index (κ2) is 6.43. The van der Waals surface area contributed by atoms with E-state index in [9.17, 15) is 4.79 Å². The molecule has 1 amide bonds. The van der Waals surface area contributed by atoms with Crippen LogP contribution >= 0.6 is 11.8 Å². The van der Waals surface area contributed by atoms with Gasteiger partial charge >= 0.3 is 0 Å². The molecule has 2 rings (SSSR count). The van der Waals surface area contributed by atoms with E-state index in [1.165, 1.54) is 5.56 Å². The molecule has 0 radical (unpaired) electrons. The highest BCUT2D eigenvalue weighted by atomic mass is 32.2. The monoisotopic (exact) mass is 275 g/mol. The number of hydrogen-bond donors (Lipinski definition) is 2. The summed E-state index contributed by atoms with van der Waals surface area (Å²) < 4.78 is 0. The number of aromatic amines is 1. The van der Waals surface area contributed by atoms with Gasteiger partial charge in [-0.25, -0.2) is 0 Å². The number of H-pyrrole nitrogens is 1. The molecule has 0 saturated carbocycles. The summed E-state index contributed by atoms with van der Waals surface area (Å²) in [6.07, 6.45) is 2.58. The quantitative estimate of drug-likeness (QED) is 0.825. The van der Waals surface area contributed by atoms with Crippen LogP contribution in [-0.2, 0) is 11.2 Å². The van der Waals surface area contributed by atoms with Crippen LogP contribution in [0.2, 0.25) is 0 Å². The number of hydrogen-bond acceptors (Lipinski definition) is 3. The lowest BCUT2D eigenvalue weighted by Gasteiger charge is -2.06. The van der Waals surface area contributed by atoms with Crippen molar-refractivity contribution in [3.63, 3.8) is 0 Å². The molecule has 0 aliphatic carbocycles. The molecule has 0 saturated heterocycles. The minimum Gasteiger partial charge on any atom is -0.310 e. The Balaban J connectivity index is 1.90. The summed E-state index contributed by atoms with van der Waals surface area (Å²) in [7, 11) is 0. The highest BCUT2D eigenvalue weighted by Crippen LogP contribution is 2.22. The molecule has 19 heavy (non-hydrogen) atoms. The van der Waals surface area contributed by atoms with Crippen LogP contribution in [0.3, 0.4) is 0 Å². The van der Waals surface area contributed by atoms with Crippen LogP contribution in [0.1, 0.15) is 18.1 Å². The van der Waals surface area contributed by atoms with Crippen LogP contribution in [0.15, 0.2) is 35.4 Å². The fourth-order valence-electron chi connectivity index (χ4n) is 1.72. The summed E-state index contributed by atoms with van der Waals surface area (Å²) >= 11 is 1.54. The van der Waals surface area contributed by atoms with Gasteiger partial charge in [-0.05, 0) is 25.0 Å². The van der Waals surface area contributed by atoms with E-state index in [0.717, 1.165) is 16.9 Å². The first-order valence-electron chi connectivity index (χ1n) is 6.21. The van der Waals surface area contributed by atoms with Gasteiger partial charge in [-0.2, -0.15) is 5.10 Å². The number of carbonyl (C=O) groups excluding carboxylic acids is 1. The van der Waals surface area contributed by atoms with E-state index in [2.05, 4.69) is 15.5 Å². The number of amides is 1. The van der Waals surface area contributed by atoms with E-state index < -0.39 is 0 Å². The maximum Gasteiger partial charge on any atom is 0.235 e. The van der Waals surface area contributed by atoms with Crippen LogP contribution in [0.25, 0.3) is 0 Å². The van der Waals surface area contributed by atoms with Crippen LogP contribution in [0, 0.1) is 6.92 Å². The molecule has 0 atom stereocenters. The molecule has 2 N–H and O–H groups in total. The molecule has 100 valence electrons. The summed E-state index contributed by atoms with van der Waals surface area (Å²) in [5.41, 5.74) is 2.21. The Hall–Kier alpha value is -1.75. The standard InChI is InChI=1S/C14H17N3OS/c1-3-11-8-15-17-14(11)16-13(18)9-19-12-7-5-4-6-10(12)2/h4-8H,3,9H2,1-2H3,(H2,15,16,17,18). The van der Waals surface area contributed by atoms with Crippen molar-refractivity contribution in [2.75, 3.05) is 11.1 Å². The van der Waals surface area contributed by atoms with Gasteiger partial charge in [0.15, 0.2) is 0 Å². The first-order valence-corrected chi connectivity index (χ1v) is 7.19. The van der Waals surface area contributed by atoms with E-state index >= 15 is 0 Å². The smallest absolute Gasteiger partial charge is 0.235 e. The molecule has 1 aromatic heterocycles. The number of anilines is 1. The van der Waals surface area contributed by atoms with E-state index in [4.69, 9.17) is 0 Å². The van der Waals surface area contributed by atoms with Gasteiger partial charge in [0, 0.05) is 10.5 Å². The molecule has 5 heteroatoms. The minimum absolute atomic E-state index is 0.0211. The molecule has 0 spiro atoms. The molecule has 0 fully saturated rings. The summed E-state index contributed by atoms with van der Waals surface area (Å²) in [5, 5.41) is 9.59. The molecular formula is C14H17N3OS. The largest absolute Gasteiger partial charge is 0.310 e. The number of benzene rings is 1. The van der Waals surface area contributed by atoms with E-state index in [1.54, 1.807) is 18.0 Å². The molecule has 0 aliphatic rings. The van der Waals surface area contributed by atoms with Crippen molar-refractivity contribution in [1.82, 2.24) is 10.2 Å². The molecule has 0 unspecified atom stereocenters. The molecular weight excluding hydrogens is 258 g/mol. The van der Waals surface area contributed by atoms with Gasteiger partial charge in [-0.15, -0.1) is 11.8 Å². The normalized spacial score (nSPS) is 10.4. The zero-order valence-corrected chi connectivity index (χ0v) is 11.9. The molecule has 4 nitrogen and oxygen atoms in total. The Morgan fingerprint density at radius 3 is 2.95 bits per heavy atom. The van der Waals surface area contributed by atoms with Crippen molar-refractivity contribution >= 4 is 23.5 Å². The maximum absolute atomic E-state index is 11.9. The molecule has 1 aromatic carbocycles. The minimum atomic E-state index is -0.0211. The summed E-state index contributed by atoms with van der Waals surface area (Å²) in [6, 6.07) is 8.06. The van der Waals surface area contributed by atoms with Gasteiger partial charge in [0.1, 0.15) is 5.82 Å². The van der Waals surface area contributed by atoms with Crippen molar-refractivity contribution in [1.29, 1.82) is 0 Å². The van der Waals surface area contributed by atoms with Gasteiger partial charge in [0.25, 0.3) is 0 Å². The predicted molar refractivity (Wildman–Crippen MR) is 78.5 cm³/mol. The van der Waals surface area contributed by atoms with Crippen LogP contribution < -0.4 is 5.32 Å². The highest BCUT2D eigenvalue weighted by Gasteiger charge is 2.08. The lowest BCUT2D eigenvalue weighted by atomic mass is 10.2. The lowest BCUT2D eigenvalue weighted by molar-refractivity contribution is -0.113. The third-order valence-electron chi connectivity index (χ3n) is 2.82. The third-order valence-corrected chi connectivity index (χ3v) is 3.99. The van der Waals surface area contributed by atoms with Crippen molar-refractivity contribution < 1.29 is 4.79 Å². The first-order chi connectivity index (χ1) is 9.20. The number of nitrogens with zero attached hydrogens (tertiary/aromatic N) is 1. The van der Waals surface area contributed by atoms with E-state index in [1.807, 2.05) is 38.1 Å². The molecule has 0 aliphatic heterocycles. The Morgan fingerprint density at radius 2 is 2.21 bits per heavy atom. The van der Waals surface area contributed by atoms with Gasteiger partial charge in [-0.3, -0.25) is 9.89 Å². The average Bonchev–Trinajstić information content (AvgIpc) is 2.85. The van der Waals surface area contributed by atoms with Crippen molar-refractivity contribution in [2.45, 2.75) is 25.2 Å². The second-order valence-electron chi connectivity index (χ2n) is 4.23. The predicted octanol–water partition coefficient (Wildman–Crippen LogP) is 3.01. The first kappa shape index (κ1) is 13.7. The summed E-state index contributed by atoms with van der Waals surface area (Å²) in [4.78, 5) is 13.0. The zero-order valence-electron chi connectivity index (χ0n) is 11.1. The van der Waals surface area contributed by atoms with Gasteiger partial charge in [0.2, 0.25) is 5.91 Å². The molecule has 2 aromatic rings. The van der Waals surface area contributed by atoms with Crippen LogP contribution in [0.5, 0.6) is 0 Å². The number of aromatic nitrogens is 2. The summed E-state index contributed by atoms with van der Waals surface area (Å²) in [5.74, 6) is 1.08. The van der Waals surface area contributed by atoms with Gasteiger partial charge in [0.05, 0.1) is 11.9 Å². The maximum atomic E-state index is 11.9. The fourth-order valence-corrected chi connectivity index (χ4v) is 2.55. The van der Waals surface area contributed by atoms with Gasteiger partial charge < -0.3 is 5.32 Å². The SMILES string of the molecule is CCc1cn[nH]c1NC(=O)CSc1ccccc1C. The lowest BCUT2D eigenvalue weighted by Crippen LogP contribution is -2.15. The fraction of sp³-hybridized carbons (Fsp3) is 0.286. The number of nitrogens with one attached hydrogen (secondary N) is 2. The topological polar surface area (TPSA) is 57.8 Å². The second-order valence-corrected chi connectivity index (χ2v) is 5.24. The number of thioether (sulfide) groups is 1. The van der Waals surface area contributed by atoms with E-state index in [-0.39, 0.29) is 5.91 Å². The Kier molecular flexibility index (Phi) is 4.63. The molecule has 1 heterocycles. The van der Waals surface area contributed by atoms with Crippen molar-refractivity contribution in [3.05, 3.63) is 41.6 Å². The zero-order chi connectivity index (χ0) is 13.7.